The molecule has 0 aromatic heterocycles. The first kappa shape index (κ1) is 27.4. The zero-order valence-corrected chi connectivity index (χ0v) is 20.6. The lowest BCUT2D eigenvalue weighted by atomic mass is 10.1. The van der Waals surface area contributed by atoms with Crippen LogP contribution >= 0.6 is 15.9 Å². The zero-order chi connectivity index (χ0) is 27.2. The third-order valence-electron chi connectivity index (χ3n) is 4.81. The minimum Gasteiger partial charge on any atom is -0.490 e. The van der Waals surface area contributed by atoms with Gasteiger partial charge in [0.15, 0.2) is 11.5 Å². The summed E-state index contributed by atoms with van der Waals surface area (Å²) in [5, 5.41) is 25.9. The highest BCUT2D eigenvalue weighted by Crippen LogP contribution is 2.36. The number of nitrogens with zero attached hydrogens (tertiary/aromatic N) is 3. The summed E-state index contributed by atoms with van der Waals surface area (Å²) >= 11 is 3.38. The summed E-state index contributed by atoms with van der Waals surface area (Å²) < 4.78 is 50.6. The molecule has 0 aliphatic heterocycles. The van der Waals surface area contributed by atoms with Crippen LogP contribution in [-0.2, 0) is 12.8 Å². The van der Waals surface area contributed by atoms with E-state index < -0.39 is 27.3 Å². The van der Waals surface area contributed by atoms with Gasteiger partial charge in [-0.3, -0.25) is 25.7 Å². The number of halogens is 4. The van der Waals surface area contributed by atoms with E-state index in [1.165, 1.54) is 18.3 Å². The lowest BCUT2D eigenvalue weighted by Gasteiger charge is -2.14. The number of anilines is 1. The molecule has 0 aliphatic rings. The number of non-ortho nitro benzene ring substituents is 1. The second-order valence-corrected chi connectivity index (χ2v) is 8.18. The Morgan fingerprint density at radius 2 is 1.68 bits per heavy atom. The number of hydrogen-bond donors (Lipinski definition) is 1. The fraction of sp³-hybridized carbons (Fsp3) is 0.174. The molecular formula is C23H18BrF3N4O6. The van der Waals surface area contributed by atoms with Crippen LogP contribution in [0, 0.1) is 20.2 Å². The van der Waals surface area contributed by atoms with E-state index in [-0.39, 0.29) is 18.0 Å². The molecule has 0 heterocycles. The van der Waals surface area contributed by atoms with E-state index in [0.29, 0.717) is 45.8 Å². The second-order valence-electron chi connectivity index (χ2n) is 7.32. The molecule has 0 radical (unpaired) electrons. The Bertz CT molecular complexity index is 1330. The number of nitro groups is 2. The third kappa shape index (κ3) is 7.16. The highest BCUT2D eigenvalue weighted by atomic mass is 79.9. The highest BCUT2D eigenvalue weighted by Gasteiger charge is 2.33. The van der Waals surface area contributed by atoms with Gasteiger partial charge in [0.1, 0.15) is 12.3 Å². The number of rotatable bonds is 10. The van der Waals surface area contributed by atoms with Gasteiger partial charge in [0.05, 0.1) is 28.2 Å². The molecule has 10 nitrogen and oxygen atoms in total. The van der Waals surface area contributed by atoms with Crippen molar-refractivity contribution in [3.05, 3.63) is 96.0 Å². The Labute approximate surface area is 216 Å². The first-order valence-electron chi connectivity index (χ1n) is 10.5. The summed E-state index contributed by atoms with van der Waals surface area (Å²) in [6.45, 7) is 2.18. The first-order valence-corrected chi connectivity index (χ1v) is 11.3. The molecule has 0 saturated carbocycles. The maximum absolute atomic E-state index is 12.9. The number of nitrogens with one attached hydrogen (secondary N) is 1. The van der Waals surface area contributed by atoms with E-state index in [1.807, 2.05) is 0 Å². The van der Waals surface area contributed by atoms with Gasteiger partial charge in [-0.1, -0.05) is 0 Å². The highest BCUT2D eigenvalue weighted by molar-refractivity contribution is 9.10. The lowest BCUT2D eigenvalue weighted by Crippen LogP contribution is -2.06. The predicted octanol–water partition coefficient (Wildman–Crippen LogP) is 6.71. The molecule has 14 heteroatoms. The Morgan fingerprint density at radius 1 is 1.00 bits per heavy atom. The minimum atomic E-state index is -4.73. The molecule has 37 heavy (non-hydrogen) atoms. The standard InChI is InChI=1S/C23H18BrF3N4O6/c1-2-36-21-9-15(12-28-29-19-8-5-16(23(25,26)27)10-20(19)31(34)35)18(24)11-22(21)37-13-14-3-6-17(7-4-14)30(32)33/h3-12,29H,2,13H2,1H3/b28-12-. The van der Waals surface area contributed by atoms with Gasteiger partial charge in [-0.15, -0.1) is 0 Å². The SMILES string of the molecule is CCOc1cc(/C=N\Nc2ccc(C(F)(F)F)cc2[N+](=O)[O-])c(Br)cc1OCc1ccc([N+](=O)[O-])cc1. The molecule has 0 amide bonds. The first-order chi connectivity index (χ1) is 17.5. The van der Waals surface area contributed by atoms with Crippen molar-refractivity contribution < 1.29 is 32.5 Å². The molecule has 0 spiro atoms. The molecular weight excluding hydrogens is 565 g/mol. The molecule has 3 aromatic rings. The summed E-state index contributed by atoms with van der Waals surface area (Å²) in [6, 6.07) is 11.1. The Hall–Kier alpha value is -4.20. The maximum Gasteiger partial charge on any atom is 0.416 e. The van der Waals surface area contributed by atoms with Crippen molar-refractivity contribution in [3.63, 3.8) is 0 Å². The second kappa shape index (κ2) is 11.7. The van der Waals surface area contributed by atoms with Crippen molar-refractivity contribution in [2.75, 3.05) is 12.0 Å². The van der Waals surface area contributed by atoms with Gasteiger partial charge < -0.3 is 9.47 Å². The fourth-order valence-corrected chi connectivity index (χ4v) is 3.46. The van der Waals surface area contributed by atoms with E-state index in [1.54, 1.807) is 31.2 Å². The summed E-state index contributed by atoms with van der Waals surface area (Å²) in [4.78, 5) is 20.6. The van der Waals surface area contributed by atoms with Gasteiger partial charge in [-0.2, -0.15) is 18.3 Å². The Morgan fingerprint density at radius 3 is 2.27 bits per heavy atom. The van der Waals surface area contributed by atoms with Crippen LogP contribution in [0.5, 0.6) is 11.5 Å². The Kier molecular flexibility index (Phi) is 8.65. The molecule has 194 valence electrons. The van der Waals surface area contributed by atoms with Gasteiger partial charge in [0.2, 0.25) is 0 Å². The quantitative estimate of drug-likeness (QED) is 0.160. The summed E-state index contributed by atoms with van der Waals surface area (Å²) in [5.41, 5.74) is 1.37. The van der Waals surface area contributed by atoms with Crippen molar-refractivity contribution >= 4 is 39.2 Å². The smallest absolute Gasteiger partial charge is 0.416 e. The number of hydrazone groups is 1. The van der Waals surface area contributed by atoms with Crippen molar-refractivity contribution in [1.82, 2.24) is 0 Å². The number of benzene rings is 3. The van der Waals surface area contributed by atoms with E-state index in [9.17, 15) is 33.4 Å². The lowest BCUT2D eigenvalue weighted by molar-refractivity contribution is -0.384. The van der Waals surface area contributed by atoms with Gasteiger partial charge in [0.25, 0.3) is 11.4 Å². The van der Waals surface area contributed by atoms with Crippen LogP contribution in [-0.4, -0.2) is 22.7 Å². The summed E-state index contributed by atoms with van der Waals surface area (Å²) in [7, 11) is 0. The van der Waals surface area contributed by atoms with Crippen LogP contribution in [0.2, 0.25) is 0 Å². The van der Waals surface area contributed by atoms with E-state index in [4.69, 9.17) is 9.47 Å². The summed E-state index contributed by atoms with van der Waals surface area (Å²) in [6.07, 6.45) is -3.43. The van der Waals surface area contributed by atoms with Crippen molar-refractivity contribution in [2.45, 2.75) is 19.7 Å². The summed E-state index contributed by atoms with van der Waals surface area (Å²) in [5.74, 6) is 0.727. The molecule has 0 aliphatic carbocycles. The Balaban J connectivity index is 1.78. The molecule has 0 fully saturated rings. The van der Waals surface area contributed by atoms with E-state index >= 15 is 0 Å². The molecule has 0 saturated heterocycles. The van der Waals surface area contributed by atoms with Crippen molar-refractivity contribution in [1.29, 1.82) is 0 Å². The van der Waals surface area contributed by atoms with Crippen LogP contribution in [0.4, 0.5) is 30.2 Å². The maximum atomic E-state index is 12.9. The van der Waals surface area contributed by atoms with Crippen molar-refractivity contribution in [2.24, 2.45) is 5.10 Å². The molecule has 3 rings (SSSR count). The van der Waals surface area contributed by atoms with Gasteiger partial charge in [-0.05, 0) is 64.8 Å². The van der Waals surface area contributed by atoms with Crippen LogP contribution < -0.4 is 14.9 Å². The molecule has 0 atom stereocenters. The van der Waals surface area contributed by atoms with Crippen molar-refractivity contribution in [3.8, 4) is 11.5 Å². The topological polar surface area (TPSA) is 129 Å². The van der Waals surface area contributed by atoms with E-state index in [2.05, 4.69) is 26.5 Å². The third-order valence-corrected chi connectivity index (χ3v) is 5.50. The largest absolute Gasteiger partial charge is 0.490 e. The molecule has 3 aromatic carbocycles. The number of ether oxygens (including phenoxy) is 2. The number of hydrogen-bond acceptors (Lipinski definition) is 8. The zero-order valence-electron chi connectivity index (χ0n) is 19.0. The normalized spacial score (nSPS) is 11.4. The molecule has 1 N–H and O–H groups in total. The minimum absolute atomic E-state index is 0.0413. The average Bonchev–Trinajstić information content (AvgIpc) is 2.84. The molecule has 0 bridgehead atoms. The average molecular weight is 583 g/mol. The van der Waals surface area contributed by atoms with Gasteiger partial charge >= 0.3 is 6.18 Å². The van der Waals surface area contributed by atoms with Crippen LogP contribution in [0.15, 0.2) is 64.2 Å². The van der Waals surface area contributed by atoms with Crippen LogP contribution in [0.25, 0.3) is 0 Å². The number of alkyl halides is 3. The number of nitro benzene ring substituents is 2. The van der Waals surface area contributed by atoms with Crippen LogP contribution in [0.3, 0.4) is 0 Å². The van der Waals surface area contributed by atoms with Gasteiger partial charge in [0, 0.05) is 28.2 Å². The fourth-order valence-electron chi connectivity index (χ4n) is 3.03. The van der Waals surface area contributed by atoms with Gasteiger partial charge in [-0.25, -0.2) is 0 Å². The molecule has 0 unspecified atom stereocenters. The monoisotopic (exact) mass is 582 g/mol. The van der Waals surface area contributed by atoms with Crippen LogP contribution in [0.1, 0.15) is 23.6 Å². The predicted molar refractivity (Wildman–Crippen MR) is 132 cm³/mol. The van der Waals surface area contributed by atoms with E-state index in [0.717, 1.165) is 6.07 Å².